The fourth-order valence-electron chi connectivity index (χ4n) is 1.68. The lowest BCUT2D eigenvalue weighted by molar-refractivity contribution is 0.667. The standard InChI is InChI=1S/C11H5BrClNO/c12-7-2-1-3-8-9(7)6-4-5-14-11(13)10(6)15-8/h1-5H. The molecule has 4 heteroatoms. The van der Waals surface area contributed by atoms with Crippen molar-refractivity contribution < 1.29 is 4.42 Å². The smallest absolute Gasteiger partial charge is 0.172 e. The number of halogens is 2. The monoisotopic (exact) mass is 281 g/mol. The molecule has 2 nitrogen and oxygen atoms in total. The van der Waals surface area contributed by atoms with E-state index in [1.165, 1.54) is 0 Å². The molecule has 0 atom stereocenters. The van der Waals surface area contributed by atoms with E-state index in [4.69, 9.17) is 16.0 Å². The highest BCUT2D eigenvalue weighted by atomic mass is 79.9. The second-order valence-corrected chi connectivity index (χ2v) is 4.41. The van der Waals surface area contributed by atoms with Crippen LogP contribution in [0.25, 0.3) is 21.9 Å². The average molecular weight is 283 g/mol. The van der Waals surface area contributed by atoms with Gasteiger partial charge < -0.3 is 4.42 Å². The Balaban J connectivity index is 2.65. The lowest BCUT2D eigenvalue weighted by Gasteiger charge is -1.92. The molecule has 0 saturated carbocycles. The van der Waals surface area contributed by atoms with E-state index in [9.17, 15) is 0 Å². The Morgan fingerprint density at radius 3 is 3.00 bits per heavy atom. The molecule has 3 aromatic rings. The minimum absolute atomic E-state index is 0.399. The number of fused-ring (bicyclic) bond motifs is 3. The zero-order chi connectivity index (χ0) is 10.4. The van der Waals surface area contributed by atoms with Crippen LogP contribution in [0.15, 0.2) is 39.4 Å². The van der Waals surface area contributed by atoms with Crippen LogP contribution in [0.4, 0.5) is 0 Å². The number of furan rings is 1. The van der Waals surface area contributed by atoms with Crippen molar-refractivity contribution in [1.29, 1.82) is 0 Å². The Kier molecular flexibility index (Phi) is 1.97. The van der Waals surface area contributed by atoms with Gasteiger partial charge in [-0.3, -0.25) is 0 Å². The molecule has 0 aliphatic heterocycles. The van der Waals surface area contributed by atoms with E-state index in [1.54, 1.807) is 6.20 Å². The molecular weight excluding hydrogens is 277 g/mol. The largest absolute Gasteiger partial charge is 0.453 e. The lowest BCUT2D eigenvalue weighted by Crippen LogP contribution is -1.73. The summed E-state index contributed by atoms with van der Waals surface area (Å²) in [7, 11) is 0. The lowest BCUT2D eigenvalue weighted by atomic mass is 10.2. The number of hydrogen-bond donors (Lipinski definition) is 0. The van der Waals surface area contributed by atoms with Gasteiger partial charge in [0, 0.05) is 21.4 Å². The topological polar surface area (TPSA) is 26.0 Å². The maximum absolute atomic E-state index is 5.96. The normalized spacial score (nSPS) is 11.3. The Morgan fingerprint density at radius 1 is 1.27 bits per heavy atom. The maximum atomic E-state index is 5.96. The van der Waals surface area contributed by atoms with Crippen molar-refractivity contribution >= 4 is 49.5 Å². The first kappa shape index (κ1) is 9.19. The molecular formula is C11H5BrClNO. The van der Waals surface area contributed by atoms with Crippen LogP contribution in [0.1, 0.15) is 0 Å². The highest BCUT2D eigenvalue weighted by Gasteiger charge is 2.11. The zero-order valence-corrected chi connectivity index (χ0v) is 9.84. The van der Waals surface area contributed by atoms with Crippen LogP contribution >= 0.6 is 27.5 Å². The van der Waals surface area contributed by atoms with E-state index in [1.807, 2.05) is 24.3 Å². The zero-order valence-electron chi connectivity index (χ0n) is 7.50. The fourth-order valence-corrected chi connectivity index (χ4v) is 2.44. The second-order valence-electron chi connectivity index (χ2n) is 3.19. The molecule has 0 N–H and O–H groups in total. The molecule has 0 bridgehead atoms. The van der Waals surface area contributed by atoms with Crippen molar-refractivity contribution in [3.63, 3.8) is 0 Å². The van der Waals surface area contributed by atoms with Crippen LogP contribution < -0.4 is 0 Å². The van der Waals surface area contributed by atoms with Crippen LogP contribution in [0.3, 0.4) is 0 Å². The molecule has 0 unspecified atom stereocenters. The van der Waals surface area contributed by atoms with Crippen LogP contribution in [-0.4, -0.2) is 4.98 Å². The summed E-state index contributed by atoms with van der Waals surface area (Å²) in [4.78, 5) is 3.99. The summed E-state index contributed by atoms with van der Waals surface area (Å²) < 4.78 is 6.64. The number of hydrogen-bond acceptors (Lipinski definition) is 2. The molecule has 0 aliphatic rings. The van der Waals surface area contributed by atoms with Gasteiger partial charge in [0.2, 0.25) is 0 Å². The molecule has 2 aromatic heterocycles. The summed E-state index contributed by atoms with van der Waals surface area (Å²) in [5.41, 5.74) is 1.45. The SMILES string of the molecule is Clc1nccc2c1oc1cccc(Br)c12. The van der Waals surface area contributed by atoms with E-state index in [0.717, 1.165) is 20.8 Å². The van der Waals surface area contributed by atoms with E-state index in [2.05, 4.69) is 20.9 Å². The predicted octanol–water partition coefficient (Wildman–Crippen LogP) is 4.40. The summed E-state index contributed by atoms with van der Waals surface area (Å²) >= 11 is 9.46. The van der Waals surface area contributed by atoms with Crippen molar-refractivity contribution in [2.24, 2.45) is 0 Å². The van der Waals surface area contributed by atoms with Gasteiger partial charge in [-0.25, -0.2) is 4.98 Å². The van der Waals surface area contributed by atoms with E-state index in [-0.39, 0.29) is 0 Å². The Labute approximate surface area is 99.0 Å². The molecule has 0 spiro atoms. The molecule has 0 saturated heterocycles. The van der Waals surface area contributed by atoms with Crippen molar-refractivity contribution in [2.75, 3.05) is 0 Å². The minimum atomic E-state index is 0.399. The summed E-state index contributed by atoms with van der Waals surface area (Å²) in [6.45, 7) is 0. The van der Waals surface area contributed by atoms with Gasteiger partial charge in [0.1, 0.15) is 5.58 Å². The van der Waals surface area contributed by atoms with Crippen LogP contribution in [0.5, 0.6) is 0 Å². The molecule has 0 aliphatic carbocycles. The first-order chi connectivity index (χ1) is 7.27. The third kappa shape index (κ3) is 1.27. The third-order valence-corrected chi connectivity index (χ3v) is 3.25. The van der Waals surface area contributed by atoms with Gasteiger partial charge in [0.25, 0.3) is 0 Å². The number of aromatic nitrogens is 1. The number of rotatable bonds is 0. The first-order valence-corrected chi connectivity index (χ1v) is 5.56. The van der Waals surface area contributed by atoms with Gasteiger partial charge in [0.15, 0.2) is 10.7 Å². The van der Waals surface area contributed by atoms with Gasteiger partial charge in [-0.15, -0.1) is 0 Å². The van der Waals surface area contributed by atoms with Gasteiger partial charge in [-0.05, 0) is 18.2 Å². The summed E-state index contributed by atoms with van der Waals surface area (Å²) in [6.07, 6.45) is 1.68. The van der Waals surface area contributed by atoms with Gasteiger partial charge >= 0.3 is 0 Å². The number of nitrogens with zero attached hydrogens (tertiary/aromatic N) is 1. The summed E-state index contributed by atoms with van der Waals surface area (Å²) in [5, 5.41) is 2.42. The molecule has 1 aromatic carbocycles. The fraction of sp³-hybridized carbons (Fsp3) is 0. The van der Waals surface area contributed by atoms with Crippen molar-refractivity contribution in [1.82, 2.24) is 4.98 Å². The molecule has 0 radical (unpaired) electrons. The summed E-state index contributed by atoms with van der Waals surface area (Å²) in [5.74, 6) is 0. The quantitative estimate of drug-likeness (QED) is 0.571. The molecule has 74 valence electrons. The molecule has 15 heavy (non-hydrogen) atoms. The Morgan fingerprint density at radius 2 is 2.13 bits per heavy atom. The molecule has 2 heterocycles. The van der Waals surface area contributed by atoms with E-state index < -0.39 is 0 Å². The summed E-state index contributed by atoms with van der Waals surface area (Å²) in [6, 6.07) is 7.72. The highest BCUT2D eigenvalue weighted by molar-refractivity contribution is 9.10. The van der Waals surface area contributed by atoms with Gasteiger partial charge in [-0.2, -0.15) is 0 Å². The average Bonchev–Trinajstić information content (AvgIpc) is 2.59. The van der Waals surface area contributed by atoms with E-state index in [0.29, 0.717) is 10.7 Å². The first-order valence-electron chi connectivity index (χ1n) is 4.38. The molecule has 3 rings (SSSR count). The van der Waals surface area contributed by atoms with Crippen LogP contribution in [0, 0.1) is 0 Å². The Bertz CT molecular complexity index is 662. The maximum Gasteiger partial charge on any atom is 0.172 e. The van der Waals surface area contributed by atoms with Crippen molar-refractivity contribution in [3.8, 4) is 0 Å². The van der Waals surface area contributed by atoms with Crippen molar-refractivity contribution in [3.05, 3.63) is 40.1 Å². The third-order valence-electron chi connectivity index (χ3n) is 2.32. The minimum Gasteiger partial charge on any atom is -0.453 e. The van der Waals surface area contributed by atoms with Gasteiger partial charge in [0.05, 0.1) is 0 Å². The van der Waals surface area contributed by atoms with Crippen molar-refractivity contribution in [2.45, 2.75) is 0 Å². The van der Waals surface area contributed by atoms with Gasteiger partial charge in [-0.1, -0.05) is 33.6 Å². The highest BCUT2D eigenvalue weighted by Crippen LogP contribution is 2.35. The van der Waals surface area contributed by atoms with Crippen LogP contribution in [-0.2, 0) is 0 Å². The number of benzene rings is 1. The molecule has 0 fully saturated rings. The number of pyridine rings is 1. The Hall–Kier alpha value is -1.06. The molecule has 0 amide bonds. The second kappa shape index (κ2) is 3.22. The predicted molar refractivity (Wildman–Crippen MR) is 64.2 cm³/mol. The van der Waals surface area contributed by atoms with E-state index >= 15 is 0 Å². The van der Waals surface area contributed by atoms with Crippen LogP contribution in [0.2, 0.25) is 5.15 Å².